The molecule has 4 nitrogen and oxygen atoms in total. The molecule has 0 atom stereocenters. The van der Waals surface area contributed by atoms with Crippen molar-refractivity contribution in [3.8, 4) is 39.9 Å². The van der Waals surface area contributed by atoms with Gasteiger partial charge < -0.3 is 0 Å². The van der Waals surface area contributed by atoms with Crippen molar-refractivity contribution in [1.82, 2.24) is 19.5 Å². The summed E-state index contributed by atoms with van der Waals surface area (Å²) in [5, 5.41) is 5.03. The van der Waals surface area contributed by atoms with Gasteiger partial charge in [0.1, 0.15) is 0 Å². The van der Waals surface area contributed by atoms with Crippen molar-refractivity contribution in [2.45, 2.75) is 37.5 Å². The highest BCUT2D eigenvalue weighted by atomic mass is 15.2. The first kappa shape index (κ1) is 28.1. The minimum Gasteiger partial charge on any atom is -0.277 e. The summed E-state index contributed by atoms with van der Waals surface area (Å²) in [5.41, 5.74) is 10.3. The smallest absolute Gasteiger partial charge is 0.238 e. The lowest BCUT2D eigenvalue weighted by atomic mass is 9.43. The van der Waals surface area contributed by atoms with Crippen LogP contribution >= 0.6 is 0 Å². The highest BCUT2D eigenvalue weighted by molar-refractivity contribution is 6.24. The van der Waals surface area contributed by atoms with Crippen LogP contribution in [-0.4, -0.2) is 19.5 Å². The summed E-state index contributed by atoms with van der Waals surface area (Å²) < 4.78 is 2.39. The van der Waals surface area contributed by atoms with Gasteiger partial charge in [0.25, 0.3) is 0 Å². The Morgan fingerprint density at radius 2 is 1.14 bits per heavy atom. The lowest BCUT2D eigenvalue weighted by molar-refractivity contribution is -0.0399. The molecule has 2 aromatic heterocycles. The summed E-state index contributed by atoms with van der Waals surface area (Å²) in [6.45, 7) is 0. The number of benzene rings is 6. The fourth-order valence-electron chi connectivity index (χ4n) is 11.6. The molecular formula is C47H36N4. The van der Waals surface area contributed by atoms with Crippen LogP contribution in [0.1, 0.15) is 43.2 Å². The molecule has 244 valence electrons. The molecule has 51 heavy (non-hydrogen) atoms. The molecular weight excluding hydrogens is 621 g/mol. The van der Waals surface area contributed by atoms with E-state index in [1.54, 1.807) is 11.1 Å². The van der Waals surface area contributed by atoms with Crippen molar-refractivity contribution in [2.75, 3.05) is 0 Å². The van der Waals surface area contributed by atoms with Gasteiger partial charge in [-0.1, -0.05) is 127 Å². The van der Waals surface area contributed by atoms with E-state index < -0.39 is 0 Å². The summed E-state index contributed by atoms with van der Waals surface area (Å²) in [6.07, 6.45) is 6.90. The number of hydrogen-bond acceptors (Lipinski definition) is 3. The highest BCUT2D eigenvalue weighted by Crippen LogP contribution is 2.70. The number of rotatable bonds is 3. The van der Waals surface area contributed by atoms with Crippen molar-refractivity contribution >= 4 is 32.6 Å². The van der Waals surface area contributed by atoms with E-state index in [0.717, 1.165) is 28.5 Å². The van der Waals surface area contributed by atoms with E-state index in [-0.39, 0.29) is 5.41 Å². The molecule has 5 aliphatic rings. The Bertz CT molecular complexity index is 2620. The lowest BCUT2D eigenvalue weighted by Crippen LogP contribution is -2.55. The van der Waals surface area contributed by atoms with Gasteiger partial charge in [0, 0.05) is 32.9 Å². The molecule has 13 rings (SSSR count). The molecule has 4 fully saturated rings. The van der Waals surface area contributed by atoms with Crippen molar-refractivity contribution in [1.29, 1.82) is 0 Å². The topological polar surface area (TPSA) is 43.6 Å². The third-order valence-electron chi connectivity index (χ3n) is 13.2. The van der Waals surface area contributed by atoms with Crippen LogP contribution in [0.4, 0.5) is 0 Å². The predicted molar refractivity (Wildman–Crippen MR) is 206 cm³/mol. The van der Waals surface area contributed by atoms with Crippen molar-refractivity contribution < 1.29 is 0 Å². The standard InChI is InChI=1S/C47H36N4/c1-3-12-31(13-4-1)44-48-45(32-14-5-2-6-15-32)50-46(49-44)51-40-22-19-30-11-7-8-16-35(30)41(40)37-20-21-39-42(43(37)51)36-17-9-10-18-38(36)47(39)33-24-28-23-29(26-33)27-34(47)25-28/h1-22,28-29,33-34H,23-27H2. The second kappa shape index (κ2) is 10.2. The predicted octanol–water partition coefficient (Wildman–Crippen LogP) is 11.2. The van der Waals surface area contributed by atoms with Crippen molar-refractivity contribution in [3.05, 3.63) is 145 Å². The lowest BCUT2D eigenvalue weighted by Gasteiger charge is -2.61. The fraction of sp³-hybridized carbons (Fsp3) is 0.213. The third kappa shape index (κ3) is 3.72. The molecule has 6 aromatic carbocycles. The summed E-state index contributed by atoms with van der Waals surface area (Å²) >= 11 is 0. The molecule has 4 heteroatoms. The zero-order valence-corrected chi connectivity index (χ0v) is 28.3. The Kier molecular flexibility index (Phi) is 5.64. The molecule has 0 radical (unpaired) electrons. The Hall–Kier alpha value is -5.61. The van der Waals surface area contributed by atoms with Gasteiger partial charge in [-0.25, -0.2) is 4.98 Å². The van der Waals surface area contributed by atoms with E-state index in [4.69, 9.17) is 15.0 Å². The number of nitrogens with zero attached hydrogens (tertiary/aromatic N) is 4. The van der Waals surface area contributed by atoms with Crippen molar-refractivity contribution in [2.24, 2.45) is 23.7 Å². The zero-order chi connectivity index (χ0) is 33.3. The van der Waals surface area contributed by atoms with Gasteiger partial charge >= 0.3 is 0 Å². The molecule has 0 unspecified atom stereocenters. The van der Waals surface area contributed by atoms with Gasteiger partial charge in [0.05, 0.1) is 11.0 Å². The zero-order valence-electron chi connectivity index (χ0n) is 28.3. The maximum atomic E-state index is 5.35. The van der Waals surface area contributed by atoms with Gasteiger partial charge in [-0.15, -0.1) is 0 Å². The first-order chi connectivity index (χ1) is 25.3. The number of aromatic nitrogens is 4. The molecule has 5 aliphatic carbocycles. The first-order valence-electron chi connectivity index (χ1n) is 18.7. The highest BCUT2D eigenvalue weighted by Gasteiger charge is 2.61. The van der Waals surface area contributed by atoms with E-state index in [0.29, 0.717) is 29.4 Å². The van der Waals surface area contributed by atoms with E-state index in [1.165, 1.54) is 70.3 Å². The van der Waals surface area contributed by atoms with Crippen LogP contribution < -0.4 is 0 Å². The Labute approximate surface area is 296 Å². The minimum atomic E-state index is 0.0698. The number of fused-ring (bicyclic) bond motifs is 9. The van der Waals surface area contributed by atoms with Crippen molar-refractivity contribution in [3.63, 3.8) is 0 Å². The second-order valence-electron chi connectivity index (χ2n) is 15.6. The average molecular weight is 657 g/mol. The van der Waals surface area contributed by atoms with Gasteiger partial charge in [-0.2, -0.15) is 9.97 Å². The minimum absolute atomic E-state index is 0.0698. The summed E-state index contributed by atoms with van der Waals surface area (Å²) in [6, 6.07) is 48.5. The number of hydrogen-bond donors (Lipinski definition) is 0. The molecule has 1 spiro atoms. The van der Waals surface area contributed by atoms with Crippen LogP contribution in [-0.2, 0) is 5.41 Å². The maximum Gasteiger partial charge on any atom is 0.238 e. The van der Waals surface area contributed by atoms with E-state index in [9.17, 15) is 0 Å². The Morgan fingerprint density at radius 1 is 0.510 bits per heavy atom. The SMILES string of the molecule is c1ccc(-c2nc(-c3ccccc3)nc(-n3c4ccc5ccccc5c4c4ccc5c(c43)-c3ccccc3C53C4CC5CC(C4)CC3C5)n2)cc1. The van der Waals surface area contributed by atoms with Crippen LogP contribution in [0.3, 0.4) is 0 Å². The van der Waals surface area contributed by atoms with Crippen LogP contribution in [0.5, 0.6) is 0 Å². The van der Waals surface area contributed by atoms with Crippen LogP contribution in [0.15, 0.2) is 133 Å². The molecule has 0 N–H and O–H groups in total. The second-order valence-corrected chi connectivity index (χ2v) is 15.6. The fourth-order valence-corrected chi connectivity index (χ4v) is 11.6. The average Bonchev–Trinajstić information content (AvgIpc) is 3.68. The van der Waals surface area contributed by atoms with Gasteiger partial charge in [-0.05, 0) is 89.3 Å². The Morgan fingerprint density at radius 3 is 1.84 bits per heavy atom. The quantitative estimate of drug-likeness (QED) is 0.190. The van der Waals surface area contributed by atoms with E-state index in [1.807, 2.05) is 12.1 Å². The van der Waals surface area contributed by atoms with Gasteiger partial charge in [-0.3, -0.25) is 4.57 Å². The monoisotopic (exact) mass is 656 g/mol. The molecule has 4 saturated carbocycles. The normalized spacial score (nSPS) is 24.2. The summed E-state index contributed by atoms with van der Waals surface area (Å²) in [4.78, 5) is 15.8. The Balaban J connectivity index is 1.24. The molecule has 8 aromatic rings. The molecule has 0 aliphatic heterocycles. The molecule has 0 saturated heterocycles. The van der Waals surface area contributed by atoms with E-state index >= 15 is 0 Å². The molecule has 4 bridgehead atoms. The largest absolute Gasteiger partial charge is 0.277 e. The summed E-state index contributed by atoms with van der Waals surface area (Å²) in [5.74, 6) is 5.21. The first-order valence-corrected chi connectivity index (χ1v) is 18.7. The van der Waals surface area contributed by atoms with E-state index in [2.05, 4.69) is 126 Å². The third-order valence-corrected chi connectivity index (χ3v) is 13.2. The van der Waals surface area contributed by atoms with Crippen LogP contribution in [0, 0.1) is 23.7 Å². The molecule has 2 heterocycles. The van der Waals surface area contributed by atoms with Crippen LogP contribution in [0.2, 0.25) is 0 Å². The molecule has 0 amide bonds. The summed E-state index contributed by atoms with van der Waals surface area (Å²) in [7, 11) is 0. The van der Waals surface area contributed by atoms with Crippen LogP contribution in [0.25, 0.3) is 72.4 Å². The van der Waals surface area contributed by atoms with Gasteiger partial charge in [0.15, 0.2) is 11.6 Å². The maximum absolute atomic E-state index is 5.35. The van der Waals surface area contributed by atoms with Gasteiger partial charge in [0.2, 0.25) is 5.95 Å².